The molecule has 1 saturated heterocycles. The van der Waals surface area contributed by atoms with Gasteiger partial charge in [0.05, 0.1) is 12.6 Å². The van der Waals surface area contributed by atoms with Crippen molar-refractivity contribution in [3.8, 4) is 0 Å². The SMILES string of the molecule is CC(C)C(c1nnnn1Cc1cccs1)N1CCC(C(N)=O)CC1. The first-order chi connectivity index (χ1) is 11.6. The van der Waals surface area contributed by atoms with Gasteiger partial charge in [0.15, 0.2) is 5.82 Å². The second kappa shape index (κ2) is 7.40. The van der Waals surface area contributed by atoms with Gasteiger partial charge in [-0.05, 0) is 53.7 Å². The van der Waals surface area contributed by atoms with Crippen LogP contribution in [0.5, 0.6) is 0 Å². The number of hydrogen-bond acceptors (Lipinski definition) is 6. The summed E-state index contributed by atoms with van der Waals surface area (Å²) in [4.78, 5) is 15.0. The number of carbonyl (C=O) groups is 1. The summed E-state index contributed by atoms with van der Waals surface area (Å²) in [5, 5.41) is 14.5. The molecule has 8 heteroatoms. The van der Waals surface area contributed by atoms with E-state index >= 15 is 0 Å². The van der Waals surface area contributed by atoms with Crippen LogP contribution in [0.15, 0.2) is 17.5 Å². The van der Waals surface area contributed by atoms with Crippen molar-refractivity contribution in [3.63, 3.8) is 0 Å². The van der Waals surface area contributed by atoms with E-state index in [1.54, 1.807) is 11.3 Å². The van der Waals surface area contributed by atoms with Gasteiger partial charge in [-0.15, -0.1) is 16.4 Å². The van der Waals surface area contributed by atoms with Gasteiger partial charge in [-0.3, -0.25) is 9.69 Å². The Hall–Kier alpha value is -1.80. The number of carbonyl (C=O) groups excluding carboxylic acids is 1. The third-order valence-electron chi connectivity index (χ3n) is 4.67. The highest BCUT2D eigenvalue weighted by molar-refractivity contribution is 7.09. The molecule has 1 fully saturated rings. The Labute approximate surface area is 145 Å². The number of nitrogens with two attached hydrogens (primary N) is 1. The molecule has 3 rings (SSSR count). The van der Waals surface area contributed by atoms with Crippen LogP contribution in [0.4, 0.5) is 0 Å². The second-order valence-electron chi connectivity index (χ2n) is 6.68. The fraction of sp³-hybridized carbons (Fsp3) is 0.625. The molecular formula is C16H24N6OS. The first-order valence-electron chi connectivity index (χ1n) is 8.38. The molecule has 0 radical (unpaired) electrons. The van der Waals surface area contributed by atoms with E-state index < -0.39 is 0 Å². The van der Waals surface area contributed by atoms with Crippen LogP contribution >= 0.6 is 11.3 Å². The van der Waals surface area contributed by atoms with Crippen molar-refractivity contribution in [3.05, 3.63) is 28.2 Å². The average Bonchev–Trinajstić information content (AvgIpc) is 3.21. The summed E-state index contributed by atoms with van der Waals surface area (Å²) in [6.07, 6.45) is 1.62. The van der Waals surface area contributed by atoms with Gasteiger partial charge in [-0.1, -0.05) is 19.9 Å². The van der Waals surface area contributed by atoms with Gasteiger partial charge in [0.2, 0.25) is 5.91 Å². The number of piperidine rings is 1. The molecule has 3 heterocycles. The number of thiophene rings is 1. The van der Waals surface area contributed by atoms with Crippen LogP contribution in [0.3, 0.4) is 0 Å². The summed E-state index contributed by atoms with van der Waals surface area (Å²) in [5.74, 6) is 1.09. The Balaban J connectivity index is 1.77. The Morgan fingerprint density at radius 1 is 1.42 bits per heavy atom. The van der Waals surface area contributed by atoms with Gasteiger partial charge in [0, 0.05) is 10.8 Å². The van der Waals surface area contributed by atoms with E-state index in [9.17, 15) is 4.79 Å². The van der Waals surface area contributed by atoms with Gasteiger partial charge >= 0.3 is 0 Å². The molecule has 0 bridgehead atoms. The van der Waals surface area contributed by atoms with E-state index in [1.807, 2.05) is 10.7 Å². The van der Waals surface area contributed by atoms with Crippen LogP contribution in [0.1, 0.15) is 43.4 Å². The lowest BCUT2D eigenvalue weighted by atomic mass is 9.92. The molecule has 0 aliphatic carbocycles. The quantitative estimate of drug-likeness (QED) is 0.858. The molecule has 2 N–H and O–H groups in total. The summed E-state index contributed by atoms with van der Waals surface area (Å²) in [6, 6.07) is 4.28. The molecule has 1 aliphatic rings. The molecular weight excluding hydrogens is 324 g/mol. The van der Waals surface area contributed by atoms with E-state index in [4.69, 9.17) is 5.73 Å². The number of nitrogens with zero attached hydrogens (tertiary/aromatic N) is 5. The van der Waals surface area contributed by atoms with Crippen LogP contribution < -0.4 is 5.73 Å². The second-order valence-corrected chi connectivity index (χ2v) is 7.71. The maximum Gasteiger partial charge on any atom is 0.220 e. The van der Waals surface area contributed by atoms with Crippen molar-refractivity contribution in [2.75, 3.05) is 13.1 Å². The van der Waals surface area contributed by atoms with Gasteiger partial charge in [0.25, 0.3) is 0 Å². The smallest absolute Gasteiger partial charge is 0.220 e. The highest BCUT2D eigenvalue weighted by atomic mass is 32.1. The molecule has 1 amide bonds. The van der Waals surface area contributed by atoms with Crippen molar-refractivity contribution in [2.24, 2.45) is 17.6 Å². The van der Waals surface area contributed by atoms with E-state index in [0.717, 1.165) is 31.8 Å². The summed E-state index contributed by atoms with van der Waals surface area (Å²) in [6.45, 7) is 6.77. The first kappa shape index (κ1) is 17.0. The first-order valence-corrected chi connectivity index (χ1v) is 9.26. The number of aromatic nitrogens is 4. The number of likely N-dealkylation sites (tertiary alicyclic amines) is 1. The lowest BCUT2D eigenvalue weighted by Gasteiger charge is -2.37. The molecule has 0 aromatic carbocycles. The van der Waals surface area contributed by atoms with Crippen LogP contribution in [-0.2, 0) is 11.3 Å². The van der Waals surface area contributed by atoms with E-state index in [-0.39, 0.29) is 17.9 Å². The van der Waals surface area contributed by atoms with Gasteiger partial charge in [0.1, 0.15) is 0 Å². The predicted octanol–water partition coefficient (Wildman–Crippen LogP) is 1.68. The van der Waals surface area contributed by atoms with Crippen molar-refractivity contribution in [1.29, 1.82) is 0 Å². The molecule has 1 aliphatic heterocycles. The molecule has 130 valence electrons. The summed E-state index contributed by atoms with van der Waals surface area (Å²) in [7, 11) is 0. The number of tetrazole rings is 1. The van der Waals surface area contributed by atoms with Crippen LogP contribution in [-0.4, -0.2) is 44.1 Å². The van der Waals surface area contributed by atoms with Gasteiger partial charge in [-0.25, -0.2) is 4.68 Å². The standard InChI is InChI=1S/C16H24N6OS/c1-11(2)14(21-7-5-12(6-8-21)15(17)23)16-18-19-20-22(16)10-13-4-3-9-24-13/h3-4,9,11-12,14H,5-8,10H2,1-2H3,(H2,17,23). The third-order valence-corrected chi connectivity index (χ3v) is 5.53. The fourth-order valence-electron chi connectivity index (χ4n) is 3.43. The normalized spacial score (nSPS) is 18.1. The topological polar surface area (TPSA) is 89.9 Å². The monoisotopic (exact) mass is 348 g/mol. The van der Waals surface area contributed by atoms with Crippen molar-refractivity contribution < 1.29 is 4.79 Å². The molecule has 0 saturated carbocycles. The Morgan fingerprint density at radius 3 is 2.75 bits per heavy atom. The minimum Gasteiger partial charge on any atom is -0.369 e. The Bertz CT molecular complexity index is 660. The van der Waals surface area contributed by atoms with E-state index in [0.29, 0.717) is 12.5 Å². The highest BCUT2D eigenvalue weighted by Gasteiger charge is 2.33. The Kier molecular flexibility index (Phi) is 5.25. The Morgan fingerprint density at radius 2 is 2.17 bits per heavy atom. The van der Waals surface area contributed by atoms with Crippen molar-refractivity contribution in [2.45, 2.75) is 39.3 Å². The molecule has 1 atom stereocenters. The molecule has 24 heavy (non-hydrogen) atoms. The summed E-state index contributed by atoms with van der Waals surface area (Å²) < 4.78 is 1.90. The molecule has 2 aromatic heterocycles. The largest absolute Gasteiger partial charge is 0.369 e. The van der Waals surface area contributed by atoms with Crippen molar-refractivity contribution in [1.82, 2.24) is 25.1 Å². The zero-order valence-corrected chi connectivity index (χ0v) is 14.9. The minimum atomic E-state index is -0.182. The maximum atomic E-state index is 11.4. The number of hydrogen-bond donors (Lipinski definition) is 1. The zero-order chi connectivity index (χ0) is 17.1. The third kappa shape index (κ3) is 3.64. The minimum absolute atomic E-state index is 0.00354. The highest BCUT2D eigenvalue weighted by Crippen LogP contribution is 2.31. The molecule has 2 aromatic rings. The molecule has 1 unspecified atom stereocenters. The number of amides is 1. The lowest BCUT2D eigenvalue weighted by molar-refractivity contribution is -0.123. The number of primary amides is 1. The van der Waals surface area contributed by atoms with Crippen LogP contribution in [0, 0.1) is 11.8 Å². The van der Waals surface area contributed by atoms with E-state index in [1.165, 1.54) is 4.88 Å². The molecule has 0 spiro atoms. The number of rotatable bonds is 6. The fourth-order valence-corrected chi connectivity index (χ4v) is 4.12. The van der Waals surface area contributed by atoms with E-state index in [2.05, 4.69) is 45.7 Å². The van der Waals surface area contributed by atoms with Crippen molar-refractivity contribution >= 4 is 17.2 Å². The average molecular weight is 348 g/mol. The molecule has 7 nitrogen and oxygen atoms in total. The van der Waals surface area contributed by atoms with Crippen LogP contribution in [0.25, 0.3) is 0 Å². The van der Waals surface area contributed by atoms with Gasteiger partial charge in [-0.2, -0.15) is 0 Å². The van der Waals surface area contributed by atoms with Gasteiger partial charge < -0.3 is 5.73 Å². The zero-order valence-electron chi connectivity index (χ0n) is 14.1. The summed E-state index contributed by atoms with van der Waals surface area (Å²) in [5.41, 5.74) is 5.45. The maximum absolute atomic E-state index is 11.4. The lowest BCUT2D eigenvalue weighted by Crippen LogP contribution is -2.42. The predicted molar refractivity (Wildman–Crippen MR) is 92.3 cm³/mol. The summed E-state index contributed by atoms with van der Waals surface area (Å²) >= 11 is 1.71. The van der Waals surface area contributed by atoms with Crippen LogP contribution in [0.2, 0.25) is 0 Å².